The molecule has 2 atom stereocenters. The van der Waals surface area contributed by atoms with Crippen molar-refractivity contribution in [3.05, 3.63) is 16.1 Å². The van der Waals surface area contributed by atoms with Gasteiger partial charge < -0.3 is 0 Å². The second kappa shape index (κ2) is 3.41. The lowest BCUT2D eigenvalue weighted by atomic mass is 10.1. The van der Waals surface area contributed by atoms with Crippen molar-refractivity contribution in [2.45, 2.75) is 32.6 Å². The van der Waals surface area contributed by atoms with Gasteiger partial charge in [-0.1, -0.05) is 6.42 Å². The molecule has 15 heavy (non-hydrogen) atoms. The lowest BCUT2D eigenvalue weighted by Crippen LogP contribution is -2.08. The van der Waals surface area contributed by atoms with E-state index in [0.29, 0.717) is 18.1 Å². The summed E-state index contributed by atoms with van der Waals surface area (Å²) in [5.41, 5.74) is 1.04. The lowest BCUT2D eigenvalue weighted by Gasteiger charge is -2.00. The fraction of sp³-hybridized carbons (Fsp3) is 0.667. The van der Waals surface area contributed by atoms with E-state index in [0.717, 1.165) is 22.5 Å². The number of aromatic nitrogens is 1. The molecule has 0 aliphatic heterocycles. The highest BCUT2D eigenvalue weighted by Crippen LogP contribution is 2.58. The summed E-state index contributed by atoms with van der Waals surface area (Å²) >= 11 is 1.62. The van der Waals surface area contributed by atoms with E-state index in [-0.39, 0.29) is 0 Å². The zero-order valence-corrected chi connectivity index (χ0v) is 9.72. The number of aryl methyl sites for hydroxylation is 1. The first-order chi connectivity index (χ1) is 7.25. The van der Waals surface area contributed by atoms with Gasteiger partial charge in [0.05, 0.1) is 6.42 Å². The Hall–Kier alpha value is -0.700. The third kappa shape index (κ3) is 1.63. The average Bonchev–Trinajstić information content (AvgIpc) is 2.60. The standard InChI is InChI=1S/C12H15NOS/c1-7-6-15-11(13-7)5-10(14)12-8-3-2-4-9(8)12/h6,8-9,12H,2-5H2,1H3. The van der Waals surface area contributed by atoms with Crippen LogP contribution in [-0.4, -0.2) is 10.8 Å². The number of thiazole rings is 1. The number of rotatable bonds is 3. The van der Waals surface area contributed by atoms with Crippen molar-refractivity contribution >= 4 is 17.1 Å². The summed E-state index contributed by atoms with van der Waals surface area (Å²) in [6, 6.07) is 0. The van der Waals surface area contributed by atoms with Crippen LogP contribution in [0.3, 0.4) is 0 Å². The summed E-state index contributed by atoms with van der Waals surface area (Å²) in [4.78, 5) is 16.3. The molecule has 2 fully saturated rings. The summed E-state index contributed by atoms with van der Waals surface area (Å²) in [5.74, 6) is 2.35. The minimum absolute atomic E-state index is 0.406. The number of Topliss-reactive ketones (excluding diaryl/α,β-unsaturated/α-hetero) is 1. The molecule has 0 bridgehead atoms. The van der Waals surface area contributed by atoms with Gasteiger partial charge in [-0.3, -0.25) is 4.79 Å². The highest BCUT2D eigenvalue weighted by atomic mass is 32.1. The Morgan fingerprint density at radius 2 is 2.27 bits per heavy atom. The minimum Gasteiger partial charge on any atom is -0.299 e. The van der Waals surface area contributed by atoms with Crippen LogP contribution < -0.4 is 0 Å². The van der Waals surface area contributed by atoms with E-state index in [1.54, 1.807) is 11.3 Å². The van der Waals surface area contributed by atoms with E-state index < -0.39 is 0 Å². The largest absolute Gasteiger partial charge is 0.299 e. The Kier molecular flexibility index (Phi) is 2.16. The van der Waals surface area contributed by atoms with Crippen molar-refractivity contribution in [1.29, 1.82) is 0 Å². The molecule has 0 saturated heterocycles. The SMILES string of the molecule is Cc1csc(CC(=O)C2C3CCCC32)n1. The van der Waals surface area contributed by atoms with Crippen molar-refractivity contribution in [2.24, 2.45) is 17.8 Å². The monoisotopic (exact) mass is 221 g/mol. The highest BCUT2D eigenvalue weighted by Gasteiger charge is 2.55. The molecule has 2 nitrogen and oxygen atoms in total. The quantitative estimate of drug-likeness (QED) is 0.785. The van der Waals surface area contributed by atoms with E-state index >= 15 is 0 Å². The Morgan fingerprint density at radius 3 is 2.87 bits per heavy atom. The van der Waals surface area contributed by atoms with Crippen molar-refractivity contribution in [3.63, 3.8) is 0 Å². The van der Waals surface area contributed by atoms with Gasteiger partial charge in [0.15, 0.2) is 0 Å². The Balaban J connectivity index is 1.63. The second-order valence-electron chi connectivity index (χ2n) is 4.81. The smallest absolute Gasteiger partial charge is 0.143 e. The Bertz CT molecular complexity index is 388. The Labute approximate surface area is 93.7 Å². The normalized spacial score (nSPS) is 32.7. The Morgan fingerprint density at radius 1 is 1.53 bits per heavy atom. The van der Waals surface area contributed by atoms with Gasteiger partial charge in [-0.05, 0) is 31.6 Å². The van der Waals surface area contributed by atoms with E-state index in [1.807, 2.05) is 12.3 Å². The second-order valence-corrected chi connectivity index (χ2v) is 5.75. The highest BCUT2D eigenvalue weighted by molar-refractivity contribution is 7.09. The van der Waals surface area contributed by atoms with Crippen molar-refractivity contribution in [3.8, 4) is 0 Å². The molecule has 2 saturated carbocycles. The van der Waals surface area contributed by atoms with E-state index in [4.69, 9.17) is 0 Å². The van der Waals surface area contributed by atoms with Crippen LogP contribution in [0.4, 0.5) is 0 Å². The zero-order chi connectivity index (χ0) is 10.4. The average molecular weight is 221 g/mol. The van der Waals surface area contributed by atoms with Crippen molar-refractivity contribution < 1.29 is 4.79 Å². The van der Waals surface area contributed by atoms with E-state index in [9.17, 15) is 4.79 Å². The maximum absolute atomic E-state index is 12.0. The van der Waals surface area contributed by atoms with Gasteiger partial charge in [0, 0.05) is 17.0 Å². The van der Waals surface area contributed by atoms with E-state index in [2.05, 4.69) is 4.98 Å². The van der Waals surface area contributed by atoms with Gasteiger partial charge in [0.1, 0.15) is 10.8 Å². The summed E-state index contributed by atoms with van der Waals surface area (Å²) < 4.78 is 0. The van der Waals surface area contributed by atoms with Crippen LogP contribution in [0.2, 0.25) is 0 Å². The van der Waals surface area contributed by atoms with Crippen LogP contribution in [0, 0.1) is 24.7 Å². The first-order valence-electron chi connectivity index (χ1n) is 5.69. The first kappa shape index (κ1) is 9.52. The van der Waals surface area contributed by atoms with Crippen molar-refractivity contribution in [2.75, 3.05) is 0 Å². The maximum atomic E-state index is 12.0. The topological polar surface area (TPSA) is 30.0 Å². The van der Waals surface area contributed by atoms with Crippen LogP contribution >= 0.6 is 11.3 Å². The minimum atomic E-state index is 0.406. The molecule has 0 radical (unpaired) electrons. The molecule has 0 aromatic carbocycles. The molecule has 2 aliphatic carbocycles. The molecule has 3 rings (SSSR count). The van der Waals surface area contributed by atoms with Crippen LogP contribution in [0.15, 0.2) is 5.38 Å². The number of ketones is 1. The summed E-state index contributed by atoms with van der Waals surface area (Å²) in [7, 11) is 0. The molecule has 0 amide bonds. The first-order valence-corrected chi connectivity index (χ1v) is 6.57. The van der Waals surface area contributed by atoms with Crippen LogP contribution in [0.1, 0.15) is 30.0 Å². The van der Waals surface area contributed by atoms with Gasteiger partial charge in [-0.2, -0.15) is 0 Å². The van der Waals surface area contributed by atoms with Crippen LogP contribution in [0.5, 0.6) is 0 Å². The number of hydrogen-bond donors (Lipinski definition) is 0. The maximum Gasteiger partial charge on any atom is 0.143 e. The molecule has 1 aromatic heterocycles. The van der Waals surface area contributed by atoms with Gasteiger partial charge in [0.2, 0.25) is 0 Å². The fourth-order valence-corrected chi connectivity index (χ4v) is 3.83. The van der Waals surface area contributed by atoms with E-state index in [1.165, 1.54) is 19.3 Å². The number of carbonyl (C=O) groups is 1. The van der Waals surface area contributed by atoms with Crippen molar-refractivity contribution in [1.82, 2.24) is 4.98 Å². The molecule has 0 N–H and O–H groups in total. The number of carbonyl (C=O) groups excluding carboxylic acids is 1. The predicted octanol–water partition coefficient (Wildman–Crippen LogP) is 2.61. The molecule has 2 unspecified atom stereocenters. The third-order valence-electron chi connectivity index (χ3n) is 3.77. The molecule has 1 heterocycles. The van der Waals surface area contributed by atoms with Crippen LogP contribution in [0.25, 0.3) is 0 Å². The zero-order valence-electron chi connectivity index (χ0n) is 8.90. The number of hydrogen-bond acceptors (Lipinski definition) is 3. The molecular formula is C12H15NOS. The molecule has 1 aromatic rings. The molecular weight excluding hydrogens is 206 g/mol. The van der Waals surface area contributed by atoms with Crippen LogP contribution in [-0.2, 0) is 11.2 Å². The van der Waals surface area contributed by atoms with Gasteiger partial charge in [-0.25, -0.2) is 4.98 Å². The summed E-state index contributed by atoms with van der Waals surface area (Å²) in [6.45, 7) is 1.98. The molecule has 3 heteroatoms. The third-order valence-corrected chi connectivity index (χ3v) is 4.74. The van der Waals surface area contributed by atoms with Gasteiger partial charge in [-0.15, -0.1) is 11.3 Å². The van der Waals surface area contributed by atoms with Gasteiger partial charge in [0.25, 0.3) is 0 Å². The van der Waals surface area contributed by atoms with Gasteiger partial charge >= 0.3 is 0 Å². The summed E-state index contributed by atoms with van der Waals surface area (Å²) in [6.07, 6.45) is 4.50. The molecule has 0 spiro atoms. The lowest BCUT2D eigenvalue weighted by molar-refractivity contribution is -0.120. The number of nitrogens with zero attached hydrogens (tertiary/aromatic N) is 1. The number of fused-ring (bicyclic) bond motifs is 1. The molecule has 80 valence electrons. The predicted molar refractivity (Wildman–Crippen MR) is 59.9 cm³/mol. The fourth-order valence-electron chi connectivity index (χ4n) is 3.05. The summed E-state index contributed by atoms with van der Waals surface area (Å²) in [5, 5.41) is 3.03. The molecule has 2 aliphatic rings.